The minimum absolute atomic E-state index is 0.214. The van der Waals surface area contributed by atoms with Crippen LogP contribution in [0.2, 0.25) is 0 Å². The molecule has 2 aromatic rings. The summed E-state index contributed by atoms with van der Waals surface area (Å²) in [4.78, 5) is 4.86. The van der Waals surface area contributed by atoms with Crippen molar-refractivity contribution in [2.75, 3.05) is 27.2 Å². The lowest BCUT2D eigenvalue weighted by Gasteiger charge is -2.35. The molecule has 0 bridgehead atoms. The number of rotatable bonds is 6. The minimum Gasteiger partial charge on any atom is -0.300 e. The maximum Gasteiger partial charge on any atom is 0.0323 e. The first-order valence-corrected chi connectivity index (χ1v) is 8.86. The summed E-state index contributed by atoms with van der Waals surface area (Å²) in [6.07, 6.45) is 0. The molecule has 1 unspecified atom stereocenters. The van der Waals surface area contributed by atoms with E-state index in [9.17, 15) is 0 Å². The molecule has 0 aliphatic rings. The van der Waals surface area contributed by atoms with Crippen LogP contribution in [0.1, 0.15) is 39.3 Å². The van der Waals surface area contributed by atoms with Crippen molar-refractivity contribution in [3.63, 3.8) is 0 Å². The van der Waals surface area contributed by atoms with E-state index < -0.39 is 0 Å². The van der Waals surface area contributed by atoms with Gasteiger partial charge in [0.1, 0.15) is 0 Å². The summed E-state index contributed by atoms with van der Waals surface area (Å²) in [7, 11) is 4.43. The molecule has 0 N–H and O–H groups in total. The van der Waals surface area contributed by atoms with Crippen LogP contribution in [-0.2, 0) is 0 Å². The van der Waals surface area contributed by atoms with Gasteiger partial charge < -0.3 is 4.90 Å². The highest BCUT2D eigenvalue weighted by atomic mass is 15.2. The van der Waals surface area contributed by atoms with Gasteiger partial charge in [0.2, 0.25) is 0 Å². The van der Waals surface area contributed by atoms with Crippen LogP contribution in [0.25, 0.3) is 11.1 Å². The standard InChI is InChI=1S/C22H32N2/c1-18(23(5)16-17-24(6)22(2,3)4)20-14-10-11-15-21(20)19-12-8-7-9-13-19/h7-15,18H,16-17H2,1-6H3. The third-order valence-corrected chi connectivity index (χ3v) is 5.09. The zero-order valence-corrected chi connectivity index (χ0v) is 16.1. The van der Waals surface area contributed by atoms with E-state index in [4.69, 9.17) is 0 Å². The average molecular weight is 325 g/mol. The second-order valence-corrected chi connectivity index (χ2v) is 7.70. The Labute approximate surface area is 148 Å². The monoisotopic (exact) mass is 324 g/mol. The number of hydrogen-bond acceptors (Lipinski definition) is 2. The van der Waals surface area contributed by atoms with Crippen LogP contribution < -0.4 is 0 Å². The van der Waals surface area contributed by atoms with E-state index in [1.165, 1.54) is 16.7 Å². The lowest BCUT2D eigenvalue weighted by molar-refractivity contribution is 0.142. The van der Waals surface area contributed by atoms with E-state index in [-0.39, 0.29) is 5.54 Å². The Morgan fingerprint density at radius 1 is 0.833 bits per heavy atom. The van der Waals surface area contributed by atoms with Crippen molar-refractivity contribution in [1.82, 2.24) is 9.80 Å². The quantitative estimate of drug-likeness (QED) is 0.731. The van der Waals surface area contributed by atoms with Crippen LogP contribution in [-0.4, -0.2) is 42.5 Å². The predicted molar refractivity (Wildman–Crippen MR) is 105 cm³/mol. The molecule has 0 saturated heterocycles. The van der Waals surface area contributed by atoms with Crippen LogP contribution in [0.3, 0.4) is 0 Å². The molecule has 2 nitrogen and oxygen atoms in total. The van der Waals surface area contributed by atoms with E-state index in [1.807, 2.05) is 0 Å². The molecule has 0 heterocycles. The first kappa shape index (κ1) is 18.7. The van der Waals surface area contributed by atoms with Gasteiger partial charge in [-0.25, -0.2) is 0 Å². The average Bonchev–Trinajstić information content (AvgIpc) is 2.58. The summed E-state index contributed by atoms with van der Waals surface area (Å²) in [5.74, 6) is 0. The molecule has 130 valence electrons. The van der Waals surface area contributed by atoms with Gasteiger partial charge in [-0.3, -0.25) is 4.90 Å². The Kier molecular flexibility index (Phi) is 6.20. The maximum absolute atomic E-state index is 2.45. The van der Waals surface area contributed by atoms with Gasteiger partial charge in [0, 0.05) is 24.7 Å². The third kappa shape index (κ3) is 4.68. The van der Waals surface area contributed by atoms with Crippen LogP contribution in [0.15, 0.2) is 54.6 Å². The summed E-state index contributed by atoms with van der Waals surface area (Å²) in [5, 5.41) is 0. The van der Waals surface area contributed by atoms with Crippen molar-refractivity contribution in [3.05, 3.63) is 60.2 Å². The number of benzene rings is 2. The molecule has 1 atom stereocenters. The molecular weight excluding hydrogens is 292 g/mol. The molecule has 0 saturated carbocycles. The van der Waals surface area contributed by atoms with Crippen molar-refractivity contribution < 1.29 is 0 Å². The van der Waals surface area contributed by atoms with E-state index in [1.54, 1.807) is 0 Å². The smallest absolute Gasteiger partial charge is 0.0323 e. The zero-order chi connectivity index (χ0) is 17.7. The van der Waals surface area contributed by atoms with Crippen LogP contribution >= 0.6 is 0 Å². The number of hydrogen-bond donors (Lipinski definition) is 0. The Bertz CT molecular complexity index is 628. The number of likely N-dealkylation sites (N-methyl/N-ethyl adjacent to an activating group) is 2. The summed E-state index contributed by atoms with van der Waals surface area (Å²) in [5.41, 5.74) is 4.23. The fraction of sp³-hybridized carbons (Fsp3) is 0.455. The summed E-state index contributed by atoms with van der Waals surface area (Å²) >= 11 is 0. The van der Waals surface area contributed by atoms with E-state index >= 15 is 0 Å². The normalized spacial score (nSPS) is 13.5. The molecule has 0 radical (unpaired) electrons. The predicted octanol–water partition coefficient (Wildman–Crippen LogP) is 5.08. The second-order valence-electron chi connectivity index (χ2n) is 7.70. The largest absolute Gasteiger partial charge is 0.300 e. The molecule has 0 fully saturated rings. The Balaban J connectivity index is 2.14. The van der Waals surface area contributed by atoms with Gasteiger partial charge >= 0.3 is 0 Å². The molecule has 2 aromatic carbocycles. The van der Waals surface area contributed by atoms with E-state index in [0.29, 0.717) is 6.04 Å². The molecule has 0 aliphatic carbocycles. The highest BCUT2D eigenvalue weighted by molar-refractivity contribution is 5.67. The summed E-state index contributed by atoms with van der Waals surface area (Å²) < 4.78 is 0. The molecule has 0 aliphatic heterocycles. The highest BCUT2D eigenvalue weighted by Crippen LogP contribution is 2.30. The Morgan fingerprint density at radius 2 is 1.42 bits per heavy atom. The van der Waals surface area contributed by atoms with Crippen molar-refractivity contribution >= 4 is 0 Å². The second kappa shape index (κ2) is 7.96. The lowest BCUT2D eigenvalue weighted by atomic mass is 9.95. The SMILES string of the molecule is CC(c1ccccc1-c1ccccc1)N(C)CCN(C)C(C)(C)C. The topological polar surface area (TPSA) is 6.48 Å². The van der Waals surface area contributed by atoms with Crippen molar-refractivity contribution in [1.29, 1.82) is 0 Å². The van der Waals surface area contributed by atoms with Crippen LogP contribution in [0.4, 0.5) is 0 Å². The Morgan fingerprint density at radius 3 is 2.04 bits per heavy atom. The minimum atomic E-state index is 0.214. The molecule has 24 heavy (non-hydrogen) atoms. The van der Waals surface area contributed by atoms with Crippen molar-refractivity contribution in [3.8, 4) is 11.1 Å². The molecule has 2 heteroatoms. The van der Waals surface area contributed by atoms with Crippen LogP contribution in [0, 0.1) is 0 Å². The number of nitrogens with zero attached hydrogens (tertiary/aromatic N) is 2. The fourth-order valence-electron chi connectivity index (χ4n) is 2.82. The lowest BCUT2D eigenvalue weighted by Crippen LogP contribution is -2.42. The molecular formula is C22H32N2. The van der Waals surface area contributed by atoms with Gasteiger partial charge in [-0.2, -0.15) is 0 Å². The molecule has 2 rings (SSSR count). The van der Waals surface area contributed by atoms with Gasteiger partial charge in [0.15, 0.2) is 0 Å². The van der Waals surface area contributed by atoms with Gasteiger partial charge in [-0.1, -0.05) is 54.6 Å². The van der Waals surface area contributed by atoms with E-state index in [0.717, 1.165) is 13.1 Å². The molecule has 0 spiro atoms. The van der Waals surface area contributed by atoms with Gasteiger partial charge in [-0.05, 0) is 58.5 Å². The Hall–Kier alpha value is -1.64. The zero-order valence-electron chi connectivity index (χ0n) is 16.1. The highest BCUT2D eigenvalue weighted by Gasteiger charge is 2.20. The van der Waals surface area contributed by atoms with Crippen molar-refractivity contribution in [2.24, 2.45) is 0 Å². The summed E-state index contributed by atoms with van der Waals surface area (Å²) in [6, 6.07) is 19.8. The first-order chi connectivity index (χ1) is 11.3. The van der Waals surface area contributed by atoms with E-state index in [2.05, 4.69) is 106 Å². The van der Waals surface area contributed by atoms with Crippen molar-refractivity contribution in [2.45, 2.75) is 39.3 Å². The van der Waals surface area contributed by atoms with Gasteiger partial charge in [0.25, 0.3) is 0 Å². The molecule has 0 aromatic heterocycles. The maximum atomic E-state index is 2.45. The van der Waals surface area contributed by atoms with Crippen LogP contribution in [0.5, 0.6) is 0 Å². The van der Waals surface area contributed by atoms with Gasteiger partial charge in [0.05, 0.1) is 0 Å². The summed E-state index contributed by atoms with van der Waals surface area (Å²) in [6.45, 7) is 11.2. The first-order valence-electron chi connectivity index (χ1n) is 8.86. The van der Waals surface area contributed by atoms with Gasteiger partial charge in [-0.15, -0.1) is 0 Å². The fourth-order valence-corrected chi connectivity index (χ4v) is 2.82. The molecule has 0 amide bonds. The third-order valence-electron chi connectivity index (χ3n) is 5.09.